The Bertz CT molecular complexity index is 789. The summed E-state index contributed by atoms with van der Waals surface area (Å²) in [5.74, 6) is 0.976. The summed E-state index contributed by atoms with van der Waals surface area (Å²) in [6.07, 6.45) is 2.84. The molecule has 0 unspecified atom stereocenters. The lowest BCUT2D eigenvalue weighted by molar-refractivity contribution is 0.0927. The monoisotopic (exact) mass is 314 g/mol. The molecule has 110 valence electrons. The van der Waals surface area contributed by atoms with Crippen molar-refractivity contribution < 1.29 is 13.6 Å². The Morgan fingerprint density at radius 1 is 1.14 bits per heavy atom. The largest absolute Gasteiger partial charge is 0.459 e. The third kappa shape index (κ3) is 3.27. The maximum Gasteiger partial charge on any atom is 0.307 e. The molecule has 6 heteroatoms. The van der Waals surface area contributed by atoms with Crippen LogP contribution in [0.15, 0.2) is 68.7 Å². The number of nitrogens with one attached hydrogen (secondary N) is 1. The number of rotatable bonds is 4. The molecule has 0 spiro atoms. The summed E-state index contributed by atoms with van der Waals surface area (Å²) in [6.45, 7) is 0. The highest BCUT2D eigenvalue weighted by atomic mass is 35.5. The van der Waals surface area contributed by atoms with Gasteiger partial charge < -0.3 is 8.83 Å². The molecule has 0 fully saturated rings. The molecule has 1 N–H and O–H groups in total. The average Bonchev–Trinajstić information content (AvgIpc) is 3.19. The van der Waals surface area contributed by atoms with E-state index in [4.69, 9.17) is 20.4 Å². The van der Waals surface area contributed by atoms with E-state index in [-0.39, 0.29) is 5.76 Å². The molecule has 22 heavy (non-hydrogen) atoms. The topological polar surface area (TPSA) is 67.7 Å². The van der Waals surface area contributed by atoms with Gasteiger partial charge in [0.05, 0.1) is 12.5 Å². The average molecular weight is 315 g/mol. The minimum absolute atomic E-state index is 0.193. The van der Waals surface area contributed by atoms with Crippen LogP contribution in [-0.2, 0) is 0 Å². The van der Waals surface area contributed by atoms with E-state index in [1.54, 1.807) is 30.3 Å². The van der Waals surface area contributed by atoms with Crippen molar-refractivity contribution in [1.29, 1.82) is 0 Å². The molecular weight excluding hydrogens is 304 g/mol. The molecule has 0 radical (unpaired) electrons. The summed E-state index contributed by atoms with van der Waals surface area (Å²) in [5, 5.41) is 4.48. The number of carbonyl (C=O) groups is 1. The van der Waals surface area contributed by atoms with Gasteiger partial charge in [-0.2, -0.15) is 5.10 Å². The highest BCUT2D eigenvalue weighted by Crippen LogP contribution is 2.23. The molecule has 5 nitrogen and oxygen atoms in total. The van der Waals surface area contributed by atoms with Crippen molar-refractivity contribution in [2.24, 2.45) is 5.10 Å². The highest BCUT2D eigenvalue weighted by molar-refractivity contribution is 6.30. The molecule has 1 aromatic carbocycles. The van der Waals surface area contributed by atoms with Gasteiger partial charge in [-0.15, -0.1) is 0 Å². The van der Waals surface area contributed by atoms with E-state index in [0.717, 1.165) is 5.56 Å². The fourth-order valence-corrected chi connectivity index (χ4v) is 1.93. The number of hydrogen-bond acceptors (Lipinski definition) is 4. The zero-order valence-electron chi connectivity index (χ0n) is 11.3. The minimum atomic E-state index is -0.425. The molecular formula is C16H11ClN2O3. The third-order valence-electron chi connectivity index (χ3n) is 2.86. The van der Waals surface area contributed by atoms with E-state index in [2.05, 4.69) is 10.5 Å². The zero-order valence-corrected chi connectivity index (χ0v) is 12.1. The van der Waals surface area contributed by atoms with Gasteiger partial charge in [0.25, 0.3) is 0 Å². The first-order chi connectivity index (χ1) is 10.7. The van der Waals surface area contributed by atoms with E-state index < -0.39 is 5.91 Å². The number of hydrogen-bond donors (Lipinski definition) is 1. The van der Waals surface area contributed by atoms with Crippen molar-refractivity contribution in [2.45, 2.75) is 0 Å². The molecule has 2 aromatic heterocycles. The number of nitrogens with zero attached hydrogens (tertiary/aromatic N) is 1. The lowest BCUT2D eigenvalue weighted by Crippen LogP contribution is -2.16. The molecule has 0 aliphatic heterocycles. The predicted molar refractivity (Wildman–Crippen MR) is 82.9 cm³/mol. The van der Waals surface area contributed by atoms with E-state index in [9.17, 15) is 4.79 Å². The van der Waals surface area contributed by atoms with Gasteiger partial charge in [-0.05, 0) is 48.5 Å². The van der Waals surface area contributed by atoms with Gasteiger partial charge in [0.15, 0.2) is 5.76 Å². The Morgan fingerprint density at radius 2 is 1.95 bits per heavy atom. The van der Waals surface area contributed by atoms with Crippen molar-refractivity contribution >= 4 is 23.7 Å². The summed E-state index contributed by atoms with van der Waals surface area (Å²) < 4.78 is 10.6. The van der Waals surface area contributed by atoms with Crippen LogP contribution in [0.5, 0.6) is 0 Å². The van der Waals surface area contributed by atoms with Gasteiger partial charge in [-0.25, -0.2) is 5.43 Å². The second-order valence-electron chi connectivity index (χ2n) is 4.39. The number of amides is 1. The second kappa shape index (κ2) is 6.32. The SMILES string of the molecule is O=C(N/N=C/c1ccc(-c2ccc(Cl)cc2)o1)c1ccco1. The Kier molecular flexibility index (Phi) is 4.07. The van der Waals surface area contributed by atoms with E-state index in [1.807, 2.05) is 18.2 Å². The third-order valence-corrected chi connectivity index (χ3v) is 3.11. The second-order valence-corrected chi connectivity index (χ2v) is 4.82. The quantitative estimate of drug-likeness (QED) is 0.585. The fourth-order valence-electron chi connectivity index (χ4n) is 1.81. The summed E-state index contributed by atoms with van der Waals surface area (Å²) in [6, 6.07) is 14.1. The van der Waals surface area contributed by atoms with Gasteiger partial charge >= 0.3 is 5.91 Å². The standard InChI is InChI=1S/C16H11ClN2O3/c17-12-5-3-11(4-6-12)14-8-7-13(22-14)10-18-19-16(20)15-2-1-9-21-15/h1-10H,(H,19,20)/b18-10+. The van der Waals surface area contributed by atoms with Crippen molar-refractivity contribution in [3.05, 3.63) is 71.3 Å². The maximum absolute atomic E-state index is 11.6. The molecule has 0 aliphatic carbocycles. The molecule has 0 aliphatic rings. The Morgan fingerprint density at radius 3 is 2.68 bits per heavy atom. The number of carbonyl (C=O) groups excluding carboxylic acids is 1. The van der Waals surface area contributed by atoms with Crippen molar-refractivity contribution in [3.63, 3.8) is 0 Å². The first-order valence-corrected chi connectivity index (χ1v) is 6.83. The van der Waals surface area contributed by atoms with Crippen LogP contribution in [0.25, 0.3) is 11.3 Å². The normalized spacial score (nSPS) is 11.0. The number of furan rings is 2. The van der Waals surface area contributed by atoms with E-state index in [1.165, 1.54) is 12.5 Å². The van der Waals surface area contributed by atoms with Crippen LogP contribution in [0.2, 0.25) is 5.02 Å². The summed E-state index contributed by atoms with van der Waals surface area (Å²) in [7, 11) is 0. The van der Waals surface area contributed by atoms with Gasteiger partial charge in [0.2, 0.25) is 0 Å². The maximum atomic E-state index is 11.6. The van der Waals surface area contributed by atoms with Crippen LogP contribution in [0, 0.1) is 0 Å². The lowest BCUT2D eigenvalue weighted by Gasteiger charge is -1.96. The van der Waals surface area contributed by atoms with Gasteiger partial charge in [0.1, 0.15) is 11.5 Å². The molecule has 1 amide bonds. The van der Waals surface area contributed by atoms with Crippen molar-refractivity contribution in [1.82, 2.24) is 5.43 Å². The van der Waals surface area contributed by atoms with Crippen molar-refractivity contribution in [2.75, 3.05) is 0 Å². The Labute approximate surface area is 131 Å². The Balaban J connectivity index is 1.65. The predicted octanol–water partition coefficient (Wildman–Crippen LogP) is 3.96. The van der Waals surface area contributed by atoms with Crippen LogP contribution in [0.3, 0.4) is 0 Å². The van der Waals surface area contributed by atoms with E-state index >= 15 is 0 Å². The first-order valence-electron chi connectivity index (χ1n) is 6.45. The molecule has 0 bridgehead atoms. The minimum Gasteiger partial charge on any atom is -0.459 e. The zero-order chi connectivity index (χ0) is 15.4. The van der Waals surface area contributed by atoms with Crippen molar-refractivity contribution in [3.8, 4) is 11.3 Å². The molecule has 0 saturated heterocycles. The van der Waals surface area contributed by atoms with Crippen LogP contribution >= 0.6 is 11.6 Å². The fraction of sp³-hybridized carbons (Fsp3) is 0. The highest BCUT2D eigenvalue weighted by Gasteiger charge is 2.06. The van der Waals surface area contributed by atoms with Gasteiger partial charge in [0, 0.05) is 10.6 Å². The van der Waals surface area contributed by atoms with Crippen LogP contribution < -0.4 is 5.43 Å². The van der Waals surface area contributed by atoms with Crippen LogP contribution in [0.1, 0.15) is 16.3 Å². The Hall–Kier alpha value is -2.79. The molecule has 3 rings (SSSR count). The number of halogens is 1. The molecule has 0 saturated carbocycles. The molecule has 2 heterocycles. The van der Waals surface area contributed by atoms with E-state index in [0.29, 0.717) is 16.5 Å². The molecule has 0 atom stereocenters. The summed E-state index contributed by atoms with van der Waals surface area (Å²) >= 11 is 5.85. The van der Waals surface area contributed by atoms with Crippen LogP contribution in [0.4, 0.5) is 0 Å². The first kappa shape index (κ1) is 14.2. The number of hydrazone groups is 1. The number of benzene rings is 1. The summed E-state index contributed by atoms with van der Waals surface area (Å²) in [4.78, 5) is 11.6. The van der Waals surface area contributed by atoms with Gasteiger partial charge in [-0.1, -0.05) is 11.6 Å². The summed E-state index contributed by atoms with van der Waals surface area (Å²) in [5.41, 5.74) is 3.26. The molecule has 3 aromatic rings. The van der Waals surface area contributed by atoms with Crippen LogP contribution in [-0.4, -0.2) is 12.1 Å². The van der Waals surface area contributed by atoms with Gasteiger partial charge in [-0.3, -0.25) is 4.79 Å². The lowest BCUT2D eigenvalue weighted by atomic mass is 10.2. The smallest absolute Gasteiger partial charge is 0.307 e.